The van der Waals surface area contributed by atoms with Crippen LogP contribution in [0.2, 0.25) is 0 Å². The largest absolute Gasteiger partial charge is 0.311 e. The monoisotopic (exact) mass is 865 g/mol. The van der Waals surface area contributed by atoms with Crippen molar-refractivity contribution in [2.45, 2.75) is 19.3 Å². The molecule has 3 nitrogen and oxygen atoms in total. The summed E-state index contributed by atoms with van der Waals surface area (Å²) in [5, 5.41) is 0. The molecule has 3 aliphatic rings. The van der Waals surface area contributed by atoms with Crippen molar-refractivity contribution < 1.29 is 13.7 Å². The normalized spacial score (nSPS) is 15.6. The van der Waals surface area contributed by atoms with E-state index in [9.17, 15) is 5.48 Å². The third kappa shape index (κ3) is 6.21. The van der Waals surface area contributed by atoms with Gasteiger partial charge < -0.3 is 14.7 Å². The summed E-state index contributed by atoms with van der Waals surface area (Å²) in [6, 6.07) is 56.8. The van der Waals surface area contributed by atoms with Crippen LogP contribution in [0.1, 0.15) is 38.7 Å². The van der Waals surface area contributed by atoms with Crippen LogP contribution in [-0.4, -0.2) is 6.71 Å². The van der Waals surface area contributed by atoms with Crippen LogP contribution in [0.3, 0.4) is 0 Å². The summed E-state index contributed by atoms with van der Waals surface area (Å²) >= 11 is 0. The van der Waals surface area contributed by atoms with Gasteiger partial charge in [-0.2, -0.15) is 0 Å². The van der Waals surface area contributed by atoms with Crippen LogP contribution in [0, 0.1) is 0 Å². The molecule has 10 aromatic carbocycles. The van der Waals surface area contributed by atoms with Crippen LogP contribution < -0.4 is 31.1 Å². The second-order valence-corrected chi connectivity index (χ2v) is 17.8. The van der Waals surface area contributed by atoms with Crippen LogP contribution in [-0.2, 0) is 5.41 Å². The van der Waals surface area contributed by atoms with Gasteiger partial charge >= 0.3 is 0 Å². The maximum atomic E-state index is 9.31. The Bertz CT molecular complexity index is 3990. The Morgan fingerprint density at radius 3 is 1.66 bits per heavy atom. The molecule has 4 heteroatoms. The Hall–Kier alpha value is -8.34. The van der Waals surface area contributed by atoms with Crippen LogP contribution in [0.5, 0.6) is 0 Å². The van der Waals surface area contributed by atoms with Crippen LogP contribution >= 0.6 is 0 Å². The van der Waals surface area contributed by atoms with E-state index in [1.807, 2.05) is 48.5 Å². The number of fused-ring (bicyclic) bond motifs is 7. The molecule has 0 spiro atoms. The van der Waals surface area contributed by atoms with Gasteiger partial charge in [-0.3, -0.25) is 0 Å². The van der Waals surface area contributed by atoms with E-state index < -0.39 is 60.4 Å². The first-order chi connectivity index (χ1) is 37.1. The zero-order valence-electron chi connectivity index (χ0n) is 46.7. The Morgan fingerprint density at radius 1 is 0.403 bits per heavy atom. The smallest absolute Gasteiger partial charge is 0.252 e. The fraction of sp³-hybridized carbons (Fsp3) is 0.0476. The van der Waals surface area contributed by atoms with E-state index in [2.05, 4.69) is 151 Å². The van der Waals surface area contributed by atoms with Crippen molar-refractivity contribution in [2.24, 2.45) is 0 Å². The van der Waals surface area contributed by atoms with Gasteiger partial charge in [0.05, 0.1) is 13.7 Å². The van der Waals surface area contributed by atoms with Crippen molar-refractivity contribution in [3.8, 4) is 33.4 Å². The fourth-order valence-electron chi connectivity index (χ4n) is 10.8. The van der Waals surface area contributed by atoms with E-state index in [-0.39, 0.29) is 29.2 Å². The average molecular weight is 866 g/mol. The number of anilines is 9. The summed E-state index contributed by atoms with van der Waals surface area (Å²) in [5.41, 5.74) is 16.4. The molecule has 0 unspecified atom stereocenters. The molecule has 0 atom stereocenters. The number of rotatable bonds is 7. The number of hydrogen-bond acceptors (Lipinski definition) is 3. The molecule has 0 amide bonds. The van der Waals surface area contributed by atoms with Gasteiger partial charge in [0.25, 0.3) is 6.71 Å². The first-order valence-electron chi connectivity index (χ1n) is 27.6. The quantitative estimate of drug-likeness (QED) is 0.148. The lowest BCUT2D eigenvalue weighted by Gasteiger charge is -2.44. The maximum absolute atomic E-state index is 9.31. The first kappa shape index (κ1) is 30.0. The molecular weight excluding hydrogens is 810 g/mol. The highest BCUT2D eigenvalue weighted by molar-refractivity contribution is 7.00. The summed E-state index contributed by atoms with van der Waals surface area (Å²) in [6.45, 7) is 4.10. The van der Waals surface area contributed by atoms with Gasteiger partial charge in [-0.25, -0.2) is 0 Å². The van der Waals surface area contributed by atoms with Gasteiger partial charge in [0.2, 0.25) is 0 Å². The summed E-state index contributed by atoms with van der Waals surface area (Å²) in [6.07, 6.45) is 0. The van der Waals surface area contributed by atoms with E-state index in [0.717, 1.165) is 78.2 Å². The second-order valence-electron chi connectivity index (χ2n) is 17.8. The van der Waals surface area contributed by atoms with Crippen molar-refractivity contribution in [3.05, 3.63) is 254 Å². The van der Waals surface area contributed by atoms with Crippen LogP contribution in [0.15, 0.2) is 242 Å². The molecule has 0 saturated carbocycles. The van der Waals surface area contributed by atoms with Crippen molar-refractivity contribution >= 4 is 74.3 Å². The molecule has 2 heterocycles. The van der Waals surface area contributed by atoms with E-state index in [1.165, 1.54) is 16.0 Å². The van der Waals surface area contributed by atoms with E-state index in [1.54, 1.807) is 6.07 Å². The SMILES string of the molecule is [2H]c1c([2H])c([2H])c(N(c2ccc3c(c2)N(c2ccc4c(c2)C(C)(C)c2ccccc2-4)c2cccc4c2B3c2cc(-c3ccccc3)ccc2N4c2ccc(-c3ccccc3)cc2)c2c([2H])c([2H])c([2H])c([2H])c2[2H])c([2H])c1[2H]. The van der Waals surface area contributed by atoms with E-state index >= 15 is 0 Å². The van der Waals surface area contributed by atoms with Crippen molar-refractivity contribution in [2.75, 3.05) is 14.7 Å². The molecule has 13 rings (SSSR count). The lowest BCUT2D eigenvalue weighted by Crippen LogP contribution is -2.61. The van der Waals surface area contributed by atoms with Crippen LogP contribution in [0.4, 0.5) is 51.2 Å². The summed E-state index contributed by atoms with van der Waals surface area (Å²) in [5.74, 6) is 0. The zero-order chi connectivity index (χ0) is 53.3. The minimum atomic E-state index is -0.631. The Kier molecular flexibility index (Phi) is 6.89. The third-order valence-corrected chi connectivity index (χ3v) is 13.8. The van der Waals surface area contributed by atoms with Crippen LogP contribution in [0.25, 0.3) is 33.4 Å². The van der Waals surface area contributed by atoms with Gasteiger partial charge in [0.1, 0.15) is 0 Å². The third-order valence-electron chi connectivity index (χ3n) is 13.8. The highest BCUT2D eigenvalue weighted by Gasteiger charge is 2.44. The number of nitrogens with zero attached hydrogens (tertiary/aromatic N) is 3. The molecular formula is C63H46BN3. The molecule has 10 aromatic rings. The van der Waals surface area contributed by atoms with Gasteiger partial charge in [-0.1, -0.05) is 177 Å². The van der Waals surface area contributed by atoms with Crippen molar-refractivity contribution in [3.63, 3.8) is 0 Å². The molecule has 0 radical (unpaired) electrons. The van der Waals surface area contributed by atoms with E-state index in [4.69, 9.17) is 8.22 Å². The molecule has 0 fully saturated rings. The predicted octanol–water partition coefficient (Wildman–Crippen LogP) is 14.9. The summed E-state index contributed by atoms with van der Waals surface area (Å²) in [4.78, 5) is 5.81. The highest BCUT2D eigenvalue weighted by Crippen LogP contribution is 2.52. The van der Waals surface area contributed by atoms with E-state index in [0.29, 0.717) is 5.69 Å². The second kappa shape index (κ2) is 15.4. The van der Waals surface area contributed by atoms with Gasteiger partial charge in [-0.05, 0) is 140 Å². The predicted molar refractivity (Wildman–Crippen MR) is 284 cm³/mol. The van der Waals surface area contributed by atoms with Crippen molar-refractivity contribution in [1.29, 1.82) is 0 Å². The minimum absolute atomic E-state index is 0.216. The van der Waals surface area contributed by atoms with Gasteiger partial charge in [-0.15, -0.1) is 0 Å². The Labute approximate surface area is 407 Å². The molecule has 0 saturated heterocycles. The fourth-order valence-corrected chi connectivity index (χ4v) is 10.8. The summed E-state index contributed by atoms with van der Waals surface area (Å²) < 4.78 is 89.5. The molecule has 1 aliphatic carbocycles. The molecule has 0 aromatic heterocycles. The average Bonchev–Trinajstić information content (AvgIpc) is 3.73. The Morgan fingerprint density at radius 2 is 0.970 bits per heavy atom. The number of hydrogen-bond donors (Lipinski definition) is 0. The minimum Gasteiger partial charge on any atom is -0.311 e. The standard InChI is InChI=1S/C63H46BN3/c1-63(2)54-27-16-15-26-52(54)53-37-35-50(41-55(53)63)67-60-29-17-28-59-62(60)64(56-38-36-51(42-61(56)67)65(47-22-11-5-12-23-47)48-24-13-6-14-25-48)57-40-46(44-20-9-4-10-21-44)32-39-58(57)66(59)49-33-30-45(31-34-49)43-18-7-3-8-19-43/h3-42H,1-2H3/i5D,6D,11D,12D,13D,14D,22D,23D,24D,25D. The zero-order valence-corrected chi connectivity index (χ0v) is 36.7. The number of benzene rings is 10. The lowest BCUT2D eigenvalue weighted by atomic mass is 9.33. The van der Waals surface area contributed by atoms with Gasteiger partial charge in [0, 0.05) is 56.6 Å². The molecule has 316 valence electrons. The molecule has 0 N–H and O–H groups in total. The Balaban J connectivity index is 1.11. The molecule has 67 heavy (non-hydrogen) atoms. The molecule has 0 bridgehead atoms. The first-order valence-corrected chi connectivity index (χ1v) is 22.6. The number of para-hydroxylation sites is 2. The molecule has 2 aliphatic heterocycles. The summed E-state index contributed by atoms with van der Waals surface area (Å²) in [7, 11) is 0. The van der Waals surface area contributed by atoms with Crippen molar-refractivity contribution in [1.82, 2.24) is 0 Å². The highest BCUT2D eigenvalue weighted by atomic mass is 15.2. The maximum Gasteiger partial charge on any atom is 0.252 e. The lowest BCUT2D eigenvalue weighted by molar-refractivity contribution is 0.660. The van der Waals surface area contributed by atoms with Gasteiger partial charge in [0.15, 0.2) is 0 Å². The topological polar surface area (TPSA) is 9.72 Å².